The summed E-state index contributed by atoms with van der Waals surface area (Å²) in [6.45, 7) is 5.91. The number of aryl methyl sites for hydroxylation is 1. The molecule has 2 aromatic heterocycles. The molecule has 3 heterocycles. The first-order valence-electron chi connectivity index (χ1n) is 11.1. The molecular weight excluding hydrogens is 462 g/mol. The summed E-state index contributed by atoms with van der Waals surface area (Å²) in [5.41, 5.74) is 0.145. The number of aliphatic hydroxyl groups is 1. The fourth-order valence-corrected chi connectivity index (χ4v) is 4.72. The maximum Gasteiger partial charge on any atom is 0.274 e. The standard InChI is InChI=1S/C24H26B2N4O4S/c1-23(2,3)29(4)22(32)19-15-9-8-13-11-17(34-5)14(21(31)28-24(25,26)33)12-16(13)30(15)20(27-19)18-7-6-10-35-18/h6-7,10-12,33H,8-9H2,1-5H3,(H,28,31). The van der Waals surface area contributed by atoms with Crippen LogP contribution < -0.4 is 10.1 Å². The number of rotatable bonds is 5. The first-order valence-corrected chi connectivity index (χ1v) is 12.0. The highest BCUT2D eigenvalue weighted by atomic mass is 32.1. The Morgan fingerprint density at radius 2 is 1.97 bits per heavy atom. The molecule has 0 bridgehead atoms. The molecule has 4 radical (unpaired) electrons. The van der Waals surface area contributed by atoms with Crippen LogP contribution in [-0.4, -0.2) is 72.3 Å². The van der Waals surface area contributed by atoms with Crippen molar-refractivity contribution in [2.24, 2.45) is 0 Å². The van der Waals surface area contributed by atoms with Crippen LogP contribution in [-0.2, 0) is 12.8 Å². The summed E-state index contributed by atoms with van der Waals surface area (Å²) >= 11 is 1.51. The van der Waals surface area contributed by atoms with Gasteiger partial charge in [-0.05, 0) is 62.8 Å². The second-order valence-corrected chi connectivity index (χ2v) is 10.5. The number of methoxy groups -OCH3 is 1. The first kappa shape index (κ1) is 25.1. The first-order chi connectivity index (χ1) is 16.3. The minimum Gasteiger partial charge on any atom is -0.496 e. The second kappa shape index (κ2) is 8.87. The molecule has 0 fully saturated rings. The Balaban J connectivity index is 1.93. The summed E-state index contributed by atoms with van der Waals surface area (Å²) in [6, 6.07) is 7.29. The summed E-state index contributed by atoms with van der Waals surface area (Å²) in [5.74, 6) is 0.0592. The molecule has 35 heavy (non-hydrogen) atoms. The van der Waals surface area contributed by atoms with Crippen molar-refractivity contribution >= 4 is 38.8 Å². The Morgan fingerprint density at radius 1 is 1.26 bits per heavy atom. The van der Waals surface area contributed by atoms with E-state index in [0.29, 0.717) is 35.8 Å². The van der Waals surface area contributed by atoms with E-state index < -0.39 is 11.4 Å². The molecule has 0 saturated carbocycles. The zero-order valence-corrected chi connectivity index (χ0v) is 21.2. The highest BCUT2D eigenvalue weighted by Crippen LogP contribution is 2.38. The van der Waals surface area contributed by atoms with Crippen LogP contribution in [0.4, 0.5) is 0 Å². The van der Waals surface area contributed by atoms with Crippen LogP contribution in [0.2, 0.25) is 0 Å². The van der Waals surface area contributed by atoms with Gasteiger partial charge in [-0.25, -0.2) is 4.98 Å². The quantitative estimate of drug-likeness (QED) is 0.425. The number of benzene rings is 1. The summed E-state index contributed by atoms with van der Waals surface area (Å²) in [5, 5.41) is 13.8. The number of fused-ring (bicyclic) bond motifs is 3. The number of hydrogen-bond donors (Lipinski definition) is 2. The van der Waals surface area contributed by atoms with Gasteiger partial charge in [0, 0.05) is 18.1 Å². The van der Waals surface area contributed by atoms with E-state index in [9.17, 15) is 14.7 Å². The zero-order chi connectivity index (χ0) is 25.7. The van der Waals surface area contributed by atoms with E-state index in [1.54, 1.807) is 24.1 Å². The molecular formula is C24H26B2N4O4S. The number of aromatic nitrogens is 2. The topological polar surface area (TPSA) is 96.7 Å². The van der Waals surface area contributed by atoms with Crippen LogP contribution in [0.3, 0.4) is 0 Å². The number of amides is 2. The lowest BCUT2D eigenvalue weighted by Gasteiger charge is -2.32. The van der Waals surface area contributed by atoms with Gasteiger partial charge < -0.3 is 20.1 Å². The van der Waals surface area contributed by atoms with Gasteiger partial charge in [-0.15, -0.1) is 11.3 Å². The molecule has 3 aromatic rings. The van der Waals surface area contributed by atoms with E-state index in [4.69, 9.17) is 25.4 Å². The van der Waals surface area contributed by atoms with E-state index in [2.05, 4.69) is 5.32 Å². The highest BCUT2D eigenvalue weighted by Gasteiger charge is 2.34. The lowest BCUT2D eigenvalue weighted by molar-refractivity contribution is 0.0648. The largest absolute Gasteiger partial charge is 0.496 e. The number of nitrogens with zero attached hydrogens (tertiary/aromatic N) is 3. The number of carbonyl (C=O) groups excluding carboxylic acids is 2. The number of carbonyl (C=O) groups is 2. The van der Waals surface area contributed by atoms with Crippen LogP contribution in [0.15, 0.2) is 29.6 Å². The Labute approximate surface area is 211 Å². The van der Waals surface area contributed by atoms with Crippen molar-refractivity contribution in [3.05, 3.63) is 52.2 Å². The third-order valence-corrected chi connectivity index (χ3v) is 6.92. The van der Waals surface area contributed by atoms with Gasteiger partial charge in [0.05, 0.1) is 28.9 Å². The molecule has 2 amide bonds. The molecule has 1 aliphatic heterocycles. The molecule has 1 aromatic carbocycles. The van der Waals surface area contributed by atoms with Crippen molar-refractivity contribution in [1.29, 1.82) is 0 Å². The minimum atomic E-state index is -2.39. The fourth-order valence-electron chi connectivity index (χ4n) is 4.02. The van der Waals surface area contributed by atoms with Gasteiger partial charge in [0.15, 0.2) is 11.5 Å². The van der Waals surface area contributed by atoms with Crippen LogP contribution in [0.5, 0.6) is 5.75 Å². The zero-order valence-electron chi connectivity index (χ0n) is 20.4. The van der Waals surface area contributed by atoms with Crippen molar-refractivity contribution in [3.63, 3.8) is 0 Å². The number of ether oxygens (including phenoxy) is 1. The SMILES string of the molecule is [B]C([B])(O)NC(=O)c1cc2c(cc1OC)CCc1c(C(=O)N(C)C(C)(C)C)nc(-c3cccs3)n1-2. The maximum atomic E-state index is 13.5. The molecule has 0 saturated heterocycles. The van der Waals surface area contributed by atoms with Crippen molar-refractivity contribution in [2.45, 2.75) is 44.7 Å². The summed E-state index contributed by atoms with van der Waals surface area (Å²) in [4.78, 5) is 33.8. The third-order valence-electron chi connectivity index (χ3n) is 6.06. The molecule has 2 N–H and O–H groups in total. The Hall–Kier alpha value is -3.04. The predicted octanol–water partition coefficient (Wildman–Crippen LogP) is 2.25. The molecule has 0 atom stereocenters. The summed E-state index contributed by atoms with van der Waals surface area (Å²) in [7, 11) is 14.0. The smallest absolute Gasteiger partial charge is 0.274 e. The van der Waals surface area contributed by atoms with E-state index in [0.717, 1.165) is 16.1 Å². The molecule has 0 aliphatic carbocycles. The van der Waals surface area contributed by atoms with Gasteiger partial charge in [0.25, 0.3) is 11.8 Å². The molecule has 0 spiro atoms. The van der Waals surface area contributed by atoms with E-state index in [-0.39, 0.29) is 17.0 Å². The van der Waals surface area contributed by atoms with Crippen LogP contribution >= 0.6 is 11.3 Å². The highest BCUT2D eigenvalue weighted by molar-refractivity contribution is 7.13. The van der Waals surface area contributed by atoms with E-state index in [1.165, 1.54) is 18.4 Å². The molecule has 11 heteroatoms. The van der Waals surface area contributed by atoms with Crippen LogP contribution in [0, 0.1) is 0 Å². The lowest BCUT2D eigenvalue weighted by atomic mass is 9.73. The number of imidazole rings is 1. The van der Waals surface area contributed by atoms with Gasteiger partial charge >= 0.3 is 0 Å². The molecule has 8 nitrogen and oxygen atoms in total. The van der Waals surface area contributed by atoms with Gasteiger partial charge in [-0.3, -0.25) is 14.2 Å². The van der Waals surface area contributed by atoms with Gasteiger partial charge in [-0.1, -0.05) is 6.07 Å². The maximum absolute atomic E-state index is 13.5. The van der Waals surface area contributed by atoms with E-state index >= 15 is 0 Å². The number of hydrogen-bond acceptors (Lipinski definition) is 6. The molecule has 0 unspecified atom stereocenters. The average Bonchev–Trinajstić information content (AvgIpc) is 3.43. The van der Waals surface area contributed by atoms with Crippen molar-refractivity contribution in [2.75, 3.05) is 14.2 Å². The molecule has 4 rings (SSSR count). The normalized spacial score (nSPS) is 13.1. The summed E-state index contributed by atoms with van der Waals surface area (Å²) in [6.07, 6.45) is 1.21. The fraction of sp³-hybridized carbons (Fsp3) is 0.375. The van der Waals surface area contributed by atoms with Gasteiger partial charge in [-0.2, -0.15) is 0 Å². The van der Waals surface area contributed by atoms with Gasteiger partial charge in [0.1, 0.15) is 21.4 Å². The van der Waals surface area contributed by atoms with Crippen molar-refractivity contribution in [1.82, 2.24) is 19.8 Å². The lowest BCUT2D eigenvalue weighted by Crippen LogP contribution is -2.49. The summed E-state index contributed by atoms with van der Waals surface area (Å²) < 4.78 is 7.37. The van der Waals surface area contributed by atoms with E-state index in [1.807, 2.05) is 42.9 Å². The predicted molar refractivity (Wildman–Crippen MR) is 137 cm³/mol. The monoisotopic (exact) mass is 488 g/mol. The Kier molecular flexibility index (Phi) is 6.36. The van der Waals surface area contributed by atoms with Crippen LogP contribution in [0.1, 0.15) is 52.9 Å². The minimum absolute atomic E-state index is 0.138. The van der Waals surface area contributed by atoms with Crippen LogP contribution in [0.25, 0.3) is 16.4 Å². The second-order valence-electron chi connectivity index (χ2n) is 9.54. The Morgan fingerprint density at radius 3 is 2.54 bits per heavy atom. The molecule has 178 valence electrons. The molecule has 1 aliphatic rings. The number of nitrogens with one attached hydrogen (secondary N) is 1. The third kappa shape index (κ3) is 4.75. The Bertz CT molecular complexity index is 1290. The average molecular weight is 488 g/mol. The van der Waals surface area contributed by atoms with Crippen molar-refractivity contribution < 1.29 is 19.4 Å². The van der Waals surface area contributed by atoms with Gasteiger partial charge in [0.2, 0.25) is 0 Å². The number of thiophene rings is 1. The van der Waals surface area contributed by atoms with Crippen molar-refractivity contribution in [3.8, 4) is 22.1 Å².